The molecule has 3 atom stereocenters. The summed E-state index contributed by atoms with van der Waals surface area (Å²) in [5, 5.41) is 12.1. The second-order valence-electron chi connectivity index (χ2n) is 6.53. The molecule has 2 saturated carbocycles. The Hall–Kier alpha value is -1.56. The molecule has 0 heterocycles. The van der Waals surface area contributed by atoms with Crippen LogP contribution in [-0.2, 0) is 11.0 Å². The standard InChI is InChI=1S/C17H20F3NO2/c18-17(19,20)12-5-3-10(4-6-12)13-9-14(13)16(23)21-15(7-8-22)11-1-2-11/h3-6,11,13-15,22H,1-2,7-9H2,(H,21,23). The van der Waals surface area contributed by atoms with Gasteiger partial charge in [0.2, 0.25) is 5.91 Å². The fourth-order valence-electron chi connectivity index (χ4n) is 3.13. The maximum Gasteiger partial charge on any atom is 0.416 e. The number of hydrogen-bond donors (Lipinski definition) is 2. The van der Waals surface area contributed by atoms with E-state index in [0.29, 0.717) is 18.8 Å². The summed E-state index contributed by atoms with van der Waals surface area (Å²) in [4.78, 5) is 12.3. The summed E-state index contributed by atoms with van der Waals surface area (Å²) >= 11 is 0. The SMILES string of the molecule is O=C(NC(CCO)C1CC1)C1CC1c1ccc(C(F)(F)F)cc1. The van der Waals surface area contributed by atoms with Crippen LogP contribution < -0.4 is 5.32 Å². The lowest BCUT2D eigenvalue weighted by molar-refractivity contribution is -0.137. The van der Waals surface area contributed by atoms with E-state index in [1.807, 2.05) is 0 Å². The van der Waals surface area contributed by atoms with E-state index in [-0.39, 0.29) is 30.4 Å². The summed E-state index contributed by atoms with van der Waals surface area (Å²) in [5.74, 6) is 0.271. The maximum absolute atomic E-state index is 12.6. The summed E-state index contributed by atoms with van der Waals surface area (Å²) in [6.07, 6.45) is -0.932. The molecule has 0 aliphatic heterocycles. The number of carbonyl (C=O) groups excluding carboxylic acids is 1. The first kappa shape index (κ1) is 16.3. The minimum absolute atomic E-state index is 0.00580. The van der Waals surface area contributed by atoms with Crippen LogP contribution in [0.1, 0.15) is 42.7 Å². The predicted molar refractivity (Wildman–Crippen MR) is 78.6 cm³/mol. The van der Waals surface area contributed by atoms with Gasteiger partial charge in [0.05, 0.1) is 5.56 Å². The van der Waals surface area contributed by atoms with Gasteiger partial charge in [-0.2, -0.15) is 13.2 Å². The molecule has 1 aromatic rings. The number of amides is 1. The Bertz CT molecular complexity index is 566. The molecule has 1 amide bonds. The Morgan fingerprint density at radius 3 is 2.43 bits per heavy atom. The topological polar surface area (TPSA) is 49.3 Å². The van der Waals surface area contributed by atoms with Crippen molar-refractivity contribution in [3.8, 4) is 0 Å². The van der Waals surface area contributed by atoms with Crippen molar-refractivity contribution in [2.24, 2.45) is 11.8 Å². The van der Waals surface area contributed by atoms with E-state index in [2.05, 4.69) is 5.32 Å². The minimum atomic E-state index is -4.33. The highest BCUT2D eigenvalue weighted by atomic mass is 19.4. The predicted octanol–water partition coefficient (Wildman–Crippen LogP) is 3.09. The van der Waals surface area contributed by atoms with E-state index < -0.39 is 11.7 Å². The zero-order valence-electron chi connectivity index (χ0n) is 12.6. The van der Waals surface area contributed by atoms with Crippen LogP contribution in [0.5, 0.6) is 0 Å². The van der Waals surface area contributed by atoms with Gasteiger partial charge >= 0.3 is 6.18 Å². The van der Waals surface area contributed by atoms with Gasteiger partial charge in [-0.3, -0.25) is 4.79 Å². The molecule has 23 heavy (non-hydrogen) atoms. The lowest BCUT2D eigenvalue weighted by Crippen LogP contribution is -2.38. The van der Waals surface area contributed by atoms with Gasteiger partial charge in [-0.05, 0) is 55.2 Å². The number of nitrogens with one attached hydrogen (secondary N) is 1. The molecule has 0 saturated heterocycles. The molecule has 0 radical (unpaired) electrons. The second-order valence-corrected chi connectivity index (χ2v) is 6.53. The van der Waals surface area contributed by atoms with Gasteiger partial charge in [0.25, 0.3) is 0 Å². The molecular formula is C17H20F3NO2. The van der Waals surface area contributed by atoms with Gasteiger partial charge in [0, 0.05) is 18.6 Å². The first-order chi connectivity index (χ1) is 10.9. The molecule has 2 N–H and O–H groups in total. The molecule has 2 aliphatic rings. The molecule has 0 aromatic heterocycles. The lowest BCUT2D eigenvalue weighted by Gasteiger charge is -2.17. The molecule has 6 heteroatoms. The summed E-state index contributed by atoms with van der Waals surface area (Å²) < 4.78 is 37.7. The number of aliphatic hydroxyl groups excluding tert-OH is 1. The molecule has 126 valence electrons. The smallest absolute Gasteiger partial charge is 0.396 e. The fraction of sp³-hybridized carbons (Fsp3) is 0.588. The molecular weight excluding hydrogens is 307 g/mol. The Balaban J connectivity index is 1.57. The monoisotopic (exact) mass is 327 g/mol. The fourth-order valence-corrected chi connectivity index (χ4v) is 3.13. The number of aliphatic hydroxyl groups is 1. The van der Waals surface area contributed by atoms with E-state index in [4.69, 9.17) is 5.11 Å². The number of benzene rings is 1. The Morgan fingerprint density at radius 2 is 1.91 bits per heavy atom. The third-order valence-corrected chi connectivity index (χ3v) is 4.75. The van der Waals surface area contributed by atoms with Crippen LogP contribution >= 0.6 is 0 Å². The Labute approximate surface area is 132 Å². The third kappa shape index (κ3) is 3.86. The normalized spacial score (nSPS) is 25.0. The maximum atomic E-state index is 12.6. The van der Waals surface area contributed by atoms with E-state index in [1.165, 1.54) is 12.1 Å². The summed E-state index contributed by atoms with van der Waals surface area (Å²) in [7, 11) is 0. The van der Waals surface area contributed by atoms with Crippen LogP contribution in [0.2, 0.25) is 0 Å². The van der Waals surface area contributed by atoms with E-state index in [9.17, 15) is 18.0 Å². The highest BCUT2D eigenvalue weighted by Crippen LogP contribution is 2.48. The molecule has 0 spiro atoms. The van der Waals surface area contributed by atoms with Crippen molar-refractivity contribution in [1.82, 2.24) is 5.32 Å². The Morgan fingerprint density at radius 1 is 1.26 bits per heavy atom. The number of halogens is 3. The van der Waals surface area contributed by atoms with Gasteiger partial charge in [-0.15, -0.1) is 0 Å². The van der Waals surface area contributed by atoms with Gasteiger partial charge in [0.15, 0.2) is 0 Å². The number of hydrogen-bond acceptors (Lipinski definition) is 2. The molecule has 0 bridgehead atoms. The van der Waals surface area contributed by atoms with E-state index >= 15 is 0 Å². The highest BCUT2D eigenvalue weighted by Gasteiger charge is 2.45. The van der Waals surface area contributed by atoms with Crippen LogP contribution in [0.25, 0.3) is 0 Å². The van der Waals surface area contributed by atoms with Crippen LogP contribution in [-0.4, -0.2) is 23.7 Å². The van der Waals surface area contributed by atoms with Crippen LogP contribution in [0.4, 0.5) is 13.2 Å². The first-order valence-electron chi connectivity index (χ1n) is 7.98. The van der Waals surface area contributed by atoms with Crippen LogP contribution in [0, 0.1) is 11.8 Å². The highest BCUT2D eigenvalue weighted by molar-refractivity contribution is 5.83. The number of carbonyl (C=O) groups is 1. The van der Waals surface area contributed by atoms with E-state index in [1.54, 1.807) is 0 Å². The van der Waals surface area contributed by atoms with E-state index in [0.717, 1.165) is 30.5 Å². The molecule has 3 unspecified atom stereocenters. The zero-order chi connectivity index (χ0) is 16.6. The second kappa shape index (κ2) is 6.15. The third-order valence-electron chi connectivity index (χ3n) is 4.75. The number of rotatable bonds is 6. The average Bonchev–Trinajstić information content (AvgIpc) is 3.38. The van der Waals surface area contributed by atoms with Crippen molar-refractivity contribution in [2.75, 3.05) is 6.61 Å². The van der Waals surface area contributed by atoms with Gasteiger partial charge in [-0.25, -0.2) is 0 Å². The van der Waals surface area contributed by atoms with Crippen molar-refractivity contribution in [3.63, 3.8) is 0 Å². The van der Waals surface area contributed by atoms with Gasteiger partial charge < -0.3 is 10.4 Å². The lowest BCUT2D eigenvalue weighted by atomic mass is 10.1. The van der Waals surface area contributed by atoms with Gasteiger partial charge in [0.1, 0.15) is 0 Å². The van der Waals surface area contributed by atoms with Gasteiger partial charge in [-0.1, -0.05) is 12.1 Å². The summed E-state index contributed by atoms with van der Waals surface area (Å²) in [6, 6.07) is 5.10. The average molecular weight is 327 g/mol. The zero-order valence-corrected chi connectivity index (χ0v) is 12.6. The van der Waals surface area contributed by atoms with Crippen molar-refractivity contribution < 1.29 is 23.1 Å². The molecule has 1 aromatic carbocycles. The molecule has 2 fully saturated rings. The number of alkyl halides is 3. The van der Waals surface area contributed by atoms with Crippen molar-refractivity contribution in [3.05, 3.63) is 35.4 Å². The molecule has 3 rings (SSSR count). The first-order valence-corrected chi connectivity index (χ1v) is 7.98. The quantitative estimate of drug-likeness (QED) is 0.843. The largest absolute Gasteiger partial charge is 0.416 e. The Kier molecular flexibility index (Phi) is 4.36. The van der Waals surface area contributed by atoms with Crippen molar-refractivity contribution in [2.45, 2.75) is 43.8 Å². The van der Waals surface area contributed by atoms with Crippen LogP contribution in [0.3, 0.4) is 0 Å². The molecule has 3 nitrogen and oxygen atoms in total. The van der Waals surface area contributed by atoms with Crippen molar-refractivity contribution in [1.29, 1.82) is 0 Å². The molecule has 2 aliphatic carbocycles. The van der Waals surface area contributed by atoms with Crippen molar-refractivity contribution >= 4 is 5.91 Å². The minimum Gasteiger partial charge on any atom is -0.396 e. The summed E-state index contributed by atoms with van der Waals surface area (Å²) in [6.45, 7) is 0.0500. The summed E-state index contributed by atoms with van der Waals surface area (Å²) in [5.41, 5.74) is 0.114. The van der Waals surface area contributed by atoms with Crippen LogP contribution in [0.15, 0.2) is 24.3 Å².